The van der Waals surface area contributed by atoms with Crippen LogP contribution < -0.4 is 5.32 Å². The monoisotopic (exact) mass is 377 g/mol. The van der Waals surface area contributed by atoms with Crippen LogP contribution in [0.1, 0.15) is 31.2 Å². The molecule has 0 atom stereocenters. The average molecular weight is 378 g/mol. The van der Waals surface area contributed by atoms with Crippen molar-refractivity contribution in [2.24, 2.45) is 5.92 Å². The molecule has 1 aromatic rings. The molecule has 1 saturated heterocycles. The van der Waals surface area contributed by atoms with Gasteiger partial charge in [-0.05, 0) is 64.0 Å². The van der Waals surface area contributed by atoms with E-state index in [0.717, 1.165) is 62.6 Å². The summed E-state index contributed by atoms with van der Waals surface area (Å²) in [5.41, 5.74) is 1.15. The quantitative estimate of drug-likeness (QED) is 0.716. The maximum atomic E-state index is 11.9. The van der Waals surface area contributed by atoms with Gasteiger partial charge in [0.05, 0.1) is 0 Å². The third-order valence-electron chi connectivity index (χ3n) is 4.87. The minimum Gasteiger partial charge on any atom is -0.355 e. The summed E-state index contributed by atoms with van der Waals surface area (Å²) in [4.78, 5) is 16.4. The number of carbonyl (C=O) groups excluding carboxylic acids is 1. The van der Waals surface area contributed by atoms with Gasteiger partial charge < -0.3 is 10.2 Å². The minimum atomic E-state index is 0.183. The van der Waals surface area contributed by atoms with Gasteiger partial charge in [0.1, 0.15) is 0 Å². The number of hydrogen-bond donors (Lipinski definition) is 1. The number of halogens is 1. The predicted octanol–water partition coefficient (Wildman–Crippen LogP) is 3.44. The lowest BCUT2D eigenvalue weighted by Gasteiger charge is -2.31. The maximum absolute atomic E-state index is 11.9. The zero-order valence-corrected chi connectivity index (χ0v) is 16.8. The van der Waals surface area contributed by atoms with E-state index in [1.165, 1.54) is 0 Å². The largest absolute Gasteiger partial charge is 0.355 e. The van der Waals surface area contributed by atoms with Gasteiger partial charge in [-0.2, -0.15) is 0 Å². The smallest absolute Gasteiger partial charge is 0.220 e. The summed E-state index contributed by atoms with van der Waals surface area (Å²) < 4.78 is 0. The van der Waals surface area contributed by atoms with Crippen LogP contribution in [-0.2, 0) is 4.79 Å². The van der Waals surface area contributed by atoms with Crippen molar-refractivity contribution in [2.45, 2.75) is 25.7 Å². The van der Waals surface area contributed by atoms with E-state index in [-0.39, 0.29) is 5.91 Å². The Morgan fingerprint density at radius 1 is 1.27 bits per heavy atom. The maximum Gasteiger partial charge on any atom is 0.220 e. The molecular weight excluding hydrogens is 346 g/mol. The number of piperidine rings is 1. The Hall–Kier alpha value is -1.36. The molecule has 0 saturated carbocycles. The summed E-state index contributed by atoms with van der Waals surface area (Å²) in [7, 11) is 4.03. The Morgan fingerprint density at radius 3 is 2.62 bits per heavy atom. The Kier molecular flexibility index (Phi) is 9.16. The molecule has 1 N–H and O–H groups in total. The highest BCUT2D eigenvalue weighted by atomic mass is 35.5. The van der Waals surface area contributed by atoms with Gasteiger partial charge in [0.15, 0.2) is 0 Å². The van der Waals surface area contributed by atoms with E-state index in [1.807, 2.05) is 38.4 Å². The zero-order chi connectivity index (χ0) is 18.8. The molecule has 1 aliphatic rings. The Bertz CT molecular complexity index is 566. The van der Waals surface area contributed by atoms with Crippen molar-refractivity contribution in [3.05, 3.63) is 40.9 Å². The van der Waals surface area contributed by atoms with E-state index >= 15 is 0 Å². The van der Waals surface area contributed by atoms with E-state index in [9.17, 15) is 4.79 Å². The third kappa shape index (κ3) is 8.35. The van der Waals surface area contributed by atoms with Crippen molar-refractivity contribution >= 4 is 23.6 Å². The number of rotatable bonds is 9. The fraction of sp³-hybridized carbons (Fsp3) is 0.571. The number of hydrogen-bond acceptors (Lipinski definition) is 3. The zero-order valence-electron chi connectivity index (χ0n) is 16.1. The van der Waals surface area contributed by atoms with E-state index in [4.69, 9.17) is 11.6 Å². The molecule has 144 valence electrons. The number of nitrogens with one attached hydrogen (secondary N) is 1. The van der Waals surface area contributed by atoms with Crippen LogP contribution in [0.5, 0.6) is 0 Å². The number of benzene rings is 1. The molecular formula is C21H32ClN3O. The number of likely N-dealkylation sites (tertiary alicyclic amines) is 1. The fourth-order valence-corrected chi connectivity index (χ4v) is 3.56. The highest BCUT2D eigenvalue weighted by Gasteiger charge is 2.20. The summed E-state index contributed by atoms with van der Waals surface area (Å²) >= 11 is 6.42. The second-order valence-electron chi connectivity index (χ2n) is 7.41. The third-order valence-corrected chi connectivity index (χ3v) is 5.09. The number of carbonyl (C=O) groups is 1. The second-order valence-corrected chi connectivity index (χ2v) is 7.90. The normalized spacial score (nSPS) is 16.8. The molecule has 1 fully saturated rings. The molecule has 5 heteroatoms. The van der Waals surface area contributed by atoms with Crippen LogP contribution in [-0.4, -0.2) is 62.5 Å². The lowest BCUT2D eigenvalue weighted by Crippen LogP contribution is -2.35. The second kappa shape index (κ2) is 11.4. The highest BCUT2D eigenvalue weighted by Crippen LogP contribution is 2.23. The van der Waals surface area contributed by atoms with Gasteiger partial charge >= 0.3 is 0 Å². The van der Waals surface area contributed by atoms with Crippen molar-refractivity contribution in [3.63, 3.8) is 0 Å². The van der Waals surface area contributed by atoms with Gasteiger partial charge in [-0.25, -0.2) is 0 Å². The summed E-state index contributed by atoms with van der Waals surface area (Å²) in [6.07, 6.45) is 5.99. The van der Waals surface area contributed by atoms with E-state index in [1.54, 1.807) is 0 Å². The first-order valence-electron chi connectivity index (χ1n) is 9.58. The van der Waals surface area contributed by atoms with Crippen LogP contribution in [0.4, 0.5) is 0 Å². The average Bonchev–Trinajstić information content (AvgIpc) is 2.61. The molecule has 0 unspecified atom stereocenters. The number of likely N-dealkylation sites (N-methyl/N-ethyl adjacent to an activating group) is 1. The molecule has 1 aliphatic heterocycles. The van der Waals surface area contributed by atoms with Crippen molar-refractivity contribution in [1.29, 1.82) is 0 Å². The summed E-state index contributed by atoms with van der Waals surface area (Å²) in [6.45, 7) is 4.56. The summed E-state index contributed by atoms with van der Waals surface area (Å²) in [5.74, 6) is 0.839. The van der Waals surface area contributed by atoms with Gasteiger partial charge in [0, 0.05) is 31.1 Å². The molecule has 0 spiro atoms. The Morgan fingerprint density at radius 2 is 1.96 bits per heavy atom. The fourth-order valence-electron chi connectivity index (χ4n) is 3.27. The molecule has 1 heterocycles. The van der Waals surface area contributed by atoms with Crippen LogP contribution in [0, 0.1) is 5.92 Å². The van der Waals surface area contributed by atoms with Crippen LogP contribution in [0.25, 0.3) is 6.08 Å². The molecule has 4 nitrogen and oxygen atoms in total. The number of nitrogens with zero attached hydrogens (tertiary/aromatic N) is 2. The van der Waals surface area contributed by atoms with Crippen LogP contribution in [0.15, 0.2) is 35.4 Å². The first kappa shape index (κ1) is 20.9. The lowest BCUT2D eigenvalue weighted by atomic mass is 9.92. The standard InChI is InChI=1S/C21H32ClN3O/c1-24(2)15-12-23-21(26)9-8-18-10-13-25(14-11-18)17-20(22)16-19-6-4-3-5-7-19/h3-7,16,18H,8-15,17H2,1-2H3,(H,23,26). The molecule has 1 aromatic carbocycles. The van der Waals surface area contributed by atoms with Crippen molar-refractivity contribution in [1.82, 2.24) is 15.1 Å². The first-order chi connectivity index (χ1) is 12.5. The minimum absolute atomic E-state index is 0.183. The van der Waals surface area contributed by atoms with Crippen LogP contribution >= 0.6 is 11.6 Å². The molecule has 1 amide bonds. The van der Waals surface area contributed by atoms with Gasteiger partial charge in [-0.1, -0.05) is 41.9 Å². The van der Waals surface area contributed by atoms with Gasteiger partial charge in [0.2, 0.25) is 5.91 Å². The van der Waals surface area contributed by atoms with E-state index < -0.39 is 0 Å². The van der Waals surface area contributed by atoms with Gasteiger partial charge in [-0.3, -0.25) is 9.69 Å². The van der Waals surface area contributed by atoms with E-state index in [2.05, 4.69) is 27.2 Å². The van der Waals surface area contributed by atoms with Crippen molar-refractivity contribution in [2.75, 3.05) is 46.8 Å². The van der Waals surface area contributed by atoms with Gasteiger partial charge in [-0.15, -0.1) is 0 Å². The van der Waals surface area contributed by atoms with E-state index in [0.29, 0.717) is 12.3 Å². The molecule has 0 radical (unpaired) electrons. The first-order valence-corrected chi connectivity index (χ1v) is 9.95. The highest BCUT2D eigenvalue weighted by molar-refractivity contribution is 6.31. The van der Waals surface area contributed by atoms with Crippen LogP contribution in [0.2, 0.25) is 0 Å². The van der Waals surface area contributed by atoms with Gasteiger partial charge in [0.25, 0.3) is 0 Å². The molecule has 0 bridgehead atoms. The Labute approximate surface area is 163 Å². The SMILES string of the molecule is CN(C)CCNC(=O)CCC1CCN(CC(Cl)=Cc2ccccc2)CC1. The predicted molar refractivity (Wildman–Crippen MR) is 110 cm³/mol. The Balaban J connectivity index is 1.63. The summed E-state index contributed by atoms with van der Waals surface area (Å²) in [6, 6.07) is 10.2. The van der Waals surface area contributed by atoms with Crippen molar-refractivity contribution in [3.8, 4) is 0 Å². The lowest BCUT2D eigenvalue weighted by molar-refractivity contribution is -0.121. The summed E-state index contributed by atoms with van der Waals surface area (Å²) in [5, 5.41) is 3.88. The topological polar surface area (TPSA) is 35.6 Å². The number of amides is 1. The van der Waals surface area contributed by atoms with Crippen molar-refractivity contribution < 1.29 is 4.79 Å². The molecule has 0 aromatic heterocycles. The van der Waals surface area contributed by atoms with Crippen LogP contribution in [0.3, 0.4) is 0 Å². The molecule has 0 aliphatic carbocycles. The molecule has 26 heavy (non-hydrogen) atoms. The molecule has 2 rings (SSSR count).